The zero-order chi connectivity index (χ0) is 16.8. The zero-order valence-electron chi connectivity index (χ0n) is 12.6. The lowest BCUT2D eigenvalue weighted by Crippen LogP contribution is -2.20. The molecule has 0 spiro atoms. The zero-order valence-corrected chi connectivity index (χ0v) is 14.9. The van der Waals surface area contributed by atoms with E-state index >= 15 is 0 Å². The molecule has 0 saturated carbocycles. The van der Waals surface area contributed by atoms with Crippen molar-refractivity contribution in [3.8, 4) is 17.2 Å². The molecule has 0 aliphatic rings. The average molecular weight is 401 g/mol. The van der Waals surface area contributed by atoms with Gasteiger partial charge in [-0.2, -0.15) is 0 Å². The van der Waals surface area contributed by atoms with E-state index in [2.05, 4.69) is 21.2 Å². The summed E-state index contributed by atoms with van der Waals surface area (Å²) in [4.78, 5) is 12.0. The summed E-state index contributed by atoms with van der Waals surface area (Å²) in [6.45, 7) is -0.134. The van der Waals surface area contributed by atoms with Crippen LogP contribution in [0, 0.1) is 0 Å². The predicted molar refractivity (Wildman–Crippen MR) is 92.8 cm³/mol. The minimum atomic E-state index is -0.326. The first kappa shape index (κ1) is 17.4. The quantitative estimate of drug-likeness (QED) is 0.792. The molecule has 0 saturated heterocycles. The van der Waals surface area contributed by atoms with Crippen molar-refractivity contribution in [2.75, 3.05) is 26.1 Å². The Bertz CT molecular complexity index is 708. The van der Waals surface area contributed by atoms with Gasteiger partial charge in [0.25, 0.3) is 5.91 Å². The average Bonchev–Trinajstić information content (AvgIpc) is 2.54. The second kappa shape index (κ2) is 8.08. The predicted octanol–water partition coefficient (Wildman–Crippen LogP) is 4.14. The van der Waals surface area contributed by atoms with E-state index in [-0.39, 0.29) is 12.5 Å². The van der Waals surface area contributed by atoms with Crippen molar-refractivity contribution in [3.05, 3.63) is 45.9 Å². The van der Waals surface area contributed by atoms with E-state index in [1.54, 1.807) is 24.3 Å². The maximum Gasteiger partial charge on any atom is 0.262 e. The fourth-order valence-corrected chi connectivity index (χ4v) is 2.46. The molecule has 2 aromatic carbocycles. The molecule has 122 valence electrons. The fraction of sp³-hybridized carbons (Fsp3) is 0.188. The van der Waals surface area contributed by atoms with E-state index in [9.17, 15) is 4.79 Å². The van der Waals surface area contributed by atoms with E-state index in [4.69, 9.17) is 25.8 Å². The number of carbonyl (C=O) groups excluding carboxylic acids is 1. The molecule has 23 heavy (non-hydrogen) atoms. The van der Waals surface area contributed by atoms with Crippen molar-refractivity contribution in [2.24, 2.45) is 0 Å². The number of hydrogen-bond donors (Lipinski definition) is 1. The minimum absolute atomic E-state index is 0.134. The first-order valence-corrected chi connectivity index (χ1v) is 7.80. The monoisotopic (exact) mass is 399 g/mol. The van der Waals surface area contributed by atoms with Gasteiger partial charge >= 0.3 is 0 Å². The molecule has 1 N–H and O–H groups in total. The third kappa shape index (κ3) is 4.77. The lowest BCUT2D eigenvalue weighted by Gasteiger charge is -2.13. The van der Waals surface area contributed by atoms with Crippen LogP contribution in [0.5, 0.6) is 17.2 Å². The standard InChI is InChI=1S/C16H15BrClNO4/c1-21-14-8-13(15(22-2)7-12(14)18)19-16(20)9-23-11-5-3-4-10(17)6-11/h3-8H,9H2,1-2H3,(H,19,20). The van der Waals surface area contributed by atoms with Gasteiger partial charge in [0.1, 0.15) is 17.2 Å². The number of rotatable bonds is 6. The van der Waals surface area contributed by atoms with Crippen molar-refractivity contribution in [2.45, 2.75) is 0 Å². The van der Waals surface area contributed by atoms with Gasteiger partial charge in [-0.25, -0.2) is 0 Å². The molecule has 5 nitrogen and oxygen atoms in total. The number of amides is 1. The van der Waals surface area contributed by atoms with Gasteiger partial charge in [0, 0.05) is 16.6 Å². The fourth-order valence-electron chi connectivity index (χ4n) is 1.85. The highest BCUT2D eigenvalue weighted by molar-refractivity contribution is 9.10. The Hall–Kier alpha value is -1.92. The molecule has 0 unspecified atom stereocenters. The van der Waals surface area contributed by atoms with Gasteiger partial charge in [-0.05, 0) is 18.2 Å². The number of nitrogens with one attached hydrogen (secondary N) is 1. The number of anilines is 1. The van der Waals surface area contributed by atoms with Crippen LogP contribution in [0.3, 0.4) is 0 Å². The third-order valence-corrected chi connectivity index (χ3v) is 3.70. The Morgan fingerprint density at radius 1 is 1.17 bits per heavy atom. The molecule has 2 aromatic rings. The second-order valence-electron chi connectivity index (χ2n) is 4.48. The van der Waals surface area contributed by atoms with Crippen molar-refractivity contribution in [1.82, 2.24) is 0 Å². The number of halogens is 2. The maximum atomic E-state index is 12.0. The number of benzene rings is 2. The topological polar surface area (TPSA) is 56.8 Å². The highest BCUT2D eigenvalue weighted by Crippen LogP contribution is 2.35. The lowest BCUT2D eigenvalue weighted by atomic mass is 10.2. The summed E-state index contributed by atoms with van der Waals surface area (Å²) in [6, 6.07) is 10.4. The van der Waals surface area contributed by atoms with Gasteiger partial charge in [0.05, 0.1) is 24.9 Å². The maximum absolute atomic E-state index is 12.0. The molecule has 0 atom stereocenters. The van der Waals surface area contributed by atoms with Crippen molar-refractivity contribution in [1.29, 1.82) is 0 Å². The Labute approximate surface area is 147 Å². The summed E-state index contributed by atoms with van der Waals surface area (Å²) in [5.41, 5.74) is 0.455. The van der Waals surface area contributed by atoms with E-state index < -0.39 is 0 Å². The van der Waals surface area contributed by atoms with Crippen LogP contribution in [0.1, 0.15) is 0 Å². The summed E-state index contributed by atoms with van der Waals surface area (Å²) in [5.74, 6) is 1.14. The smallest absolute Gasteiger partial charge is 0.262 e. The molecule has 0 aromatic heterocycles. The summed E-state index contributed by atoms with van der Waals surface area (Å²) in [6.07, 6.45) is 0. The second-order valence-corrected chi connectivity index (χ2v) is 5.80. The van der Waals surface area contributed by atoms with Gasteiger partial charge in [0.2, 0.25) is 0 Å². The van der Waals surface area contributed by atoms with Crippen molar-refractivity contribution < 1.29 is 19.0 Å². The Kier molecular flexibility index (Phi) is 6.12. The summed E-state index contributed by atoms with van der Waals surface area (Å²) in [5, 5.41) is 3.11. The molecule has 1 amide bonds. The molecule has 0 radical (unpaired) electrons. The minimum Gasteiger partial charge on any atom is -0.495 e. The summed E-state index contributed by atoms with van der Waals surface area (Å²) < 4.78 is 16.6. The van der Waals surface area contributed by atoms with E-state index in [0.29, 0.717) is 28.0 Å². The number of hydrogen-bond acceptors (Lipinski definition) is 4. The molecular formula is C16H15BrClNO4. The van der Waals surface area contributed by atoms with Crippen LogP contribution in [0.2, 0.25) is 5.02 Å². The molecule has 2 rings (SSSR count). The normalized spacial score (nSPS) is 10.1. The molecular weight excluding hydrogens is 386 g/mol. The lowest BCUT2D eigenvalue weighted by molar-refractivity contribution is -0.118. The van der Waals surface area contributed by atoms with Crippen molar-refractivity contribution >= 4 is 39.1 Å². The van der Waals surface area contributed by atoms with Gasteiger partial charge in [-0.15, -0.1) is 0 Å². The van der Waals surface area contributed by atoms with Gasteiger partial charge in [-0.3, -0.25) is 4.79 Å². The Balaban J connectivity index is 2.05. The molecule has 0 fully saturated rings. The molecule has 0 bridgehead atoms. The first-order valence-electron chi connectivity index (χ1n) is 6.63. The SMILES string of the molecule is COc1cc(NC(=O)COc2cccc(Br)c2)c(OC)cc1Cl. The Morgan fingerprint density at radius 2 is 1.91 bits per heavy atom. The van der Waals surface area contributed by atoms with Crippen LogP contribution in [0.25, 0.3) is 0 Å². The van der Waals surface area contributed by atoms with Crippen LogP contribution in [-0.4, -0.2) is 26.7 Å². The summed E-state index contributed by atoms with van der Waals surface area (Å²) >= 11 is 9.37. The first-order chi connectivity index (χ1) is 11.0. The van der Waals surface area contributed by atoms with E-state index in [1.165, 1.54) is 14.2 Å². The molecule has 0 aliphatic heterocycles. The van der Waals surface area contributed by atoms with Crippen LogP contribution in [0.15, 0.2) is 40.9 Å². The van der Waals surface area contributed by atoms with Crippen molar-refractivity contribution in [3.63, 3.8) is 0 Å². The van der Waals surface area contributed by atoms with Gasteiger partial charge < -0.3 is 19.5 Å². The Morgan fingerprint density at radius 3 is 2.57 bits per heavy atom. The third-order valence-electron chi connectivity index (χ3n) is 2.91. The number of carbonyl (C=O) groups is 1. The number of methoxy groups -OCH3 is 2. The van der Waals surface area contributed by atoms with Crippen LogP contribution < -0.4 is 19.5 Å². The highest BCUT2D eigenvalue weighted by Gasteiger charge is 2.13. The van der Waals surface area contributed by atoms with Crippen LogP contribution in [-0.2, 0) is 4.79 Å². The van der Waals surface area contributed by atoms with E-state index in [0.717, 1.165) is 4.47 Å². The van der Waals surface area contributed by atoms with Gasteiger partial charge in [-0.1, -0.05) is 33.6 Å². The molecule has 0 aliphatic carbocycles. The number of ether oxygens (including phenoxy) is 3. The van der Waals surface area contributed by atoms with Crippen LogP contribution >= 0.6 is 27.5 Å². The highest BCUT2D eigenvalue weighted by atomic mass is 79.9. The summed E-state index contributed by atoms with van der Waals surface area (Å²) in [7, 11) is 2.99. The largest absolute Gasteiger partial charge is 0.495 e. The van der Waals surface area contributed by atoms with E-state index in [1.807, 2.05) is 12.1 Å². The van der Waals surface area contributed by atoms with Gasteiger partial charge in [0.15, 0.2) is 6.61 Å². The molecule has 0 heterocycles. The van der Waals surface area contributed by atoms with Crippen LogP contribution in [0.4, 0.5) is 5.69 Å². The molecule has 7 heteroatoms.